The first-order valence-corrected chi connectivity index (χ1v) is 9.67. The van der Waals surface area contributed by atoms with Crippen molar-refractivity contribution >= 4 is 22.2 Å². The average Bonchev–Trinajstić information content (AvgIpc) is 3.13. The Labute approximate surface area is 148 Å². The molecule has 0 aliphatic carbocycles. The second-order valence-electron chi connectivity index (χ2n) is 6.56. The summed E-state index contributed by atoms with van der Waals surface area (Å²) in [5.74, 6) is -0.186. The van der Waals surface area contributed by atoms with Crippen LogP contribution in [0.25, 0.3) is 0 Å². The molecule has 1 N–H and O–H groups in total. The minimum Gasteiger partial charge on any atom is -0.461 e. The molecule has 1 fully saturated rings. The Morgan fingerprint density at radius 2 is 2.16 bits per heavy atom. The van der Waals surface area contributed by atoms with E-state index in [2.05, 4.69) is 9.71 Å². The van der Waals surface area contributed by atoms with Crippen LogP contribution in [0.15, 0.2) is 10.7 Å². The van der Waals surface area contributed by atoms with E-state index in [0.29, 0.717) is 19.1 Å². The van der Waals surface area contributed by atoms with E-state index >= 15 is 0 Å². The first-order chi connectivity index (χ1) is 11.7. The summed E-state index contributed by atoms with van der Waals surface area (Å²) < 4.78 is 38.5. The maximum absolute atomic E-state index is 12.2. The first-order valence-electron chi connectivity index (χ1n) is 8.23. The number of carbonyl (C=O) groups is 1. The number of rotatable bonds is 7. The normalized spacial score (nSPS) is 21.3. The lowest BCUT2D eigenvalue weighted by molar-refractivity contribution is 0.0519. The molecule has 1 saturated heterocycles. The Hall–Kier alpha value is -1.65. The summed E-state index contributed by atoms with van der Waals surface area (Å²) in [5, 5.41) is 0. The van der Waals surface area contributed by atoms with Gasteiger partial charge < -0.3 is 14.1 Å². The summed E-state index contributed by atoms with van der Waals surface area (Å²) in [6.45, 7) is 7.07. The Balaban J connectivity index is 2.15. The van der Waals surface area contributed by atoms with Crippen molar-refractivity contribution < 1.29 is 22.4 Å². The largest absolute Gasteiger partial charge is 0.461 e. The number of oxazole rings is 1. The first kappa shape index (κ1) is 19.7. The van der Waals surface area contributed by atoms with Crippen LogP contribution in [-0.4, -0.2) is 63.5 Å². The van der Waals surface area contributed by atoms with E-state index in [1.54, 1.807) is 6.92 Å². The van der Waals surface area contributed by atoms with Crippen molar-refractivity contribution in [3.63, 3.8) is 0 Å². The summed E-state index contributed by atoms with van der Waals surface area (Å²) >= 11 is 0. The lowest BCUT2D eigenvalue weighted by Crippen LogP contribution is -2.46. The molecule has 2 rings (SSSR count). The number of aromatic nitrogens is 1. The lowest BCUT2D eigenvalue weighted by Gasteiger charge is -2.24. The SMILES string of the molecule is CCOC(=O)c1coc(N2C[C@@H](NS(=O)(=O)N(C)C)[C@H](C(C)C)C2)n1. The standard InChI is InChI=1S/C15H26N4O5S/c1-6-23-14(20)13-9-24-15(16-13)19-7-11(10(2)3)12(8-19)17-25(21,22)18(4)5/h9-12,17H,6-8H2,1-5H3/t11-,12+/m0/s1. The molecule has 1 aliphatic heterocycles. The van der Waals surface area contributed by atoms with Gasteiger partial charge in [-0.1, -0.05) is 13.8 Å². The summed E-state index contributed by atoms with van der Waals surface area (Å²) in [4.78, 5) is 17.7. The van der Waals surface area contributed by atoms with Gasteiger partial charge in [0.15, 0.2) is 5.69 Å². The maximum atomic E-state index is 12.2. The summed E-state index contributed by atoms with van der Waals surface area (Å²) in [6.07, 6.45) is 1.26. The third kappa shape index (κ3) is 4.50. The monoisotopic (exact) mass is 374 g/mol. The minimum atomic E-state index is -3.54. The average molecular weight is 374 g/mol. The van der Waals surface area contributed by atoms with Crippen molar-refractivity contribution in [2.45, 2.75) is 26.8 Å². The number of carbonyl (C=O) groups excluding carboxylic acids is 1. The van der Waals surface area contributed by atoms with E-state index < -0.39 is 16.2 Å². The van der Waals surface area contributed by atoms with E-state index in [1.807, 2.05) is 18.7 Å². The number of nitrogens with zero attached hydrogens (tertiary/aromatic N) is 3. The molecule has 0 bridgehead atoms. The molecule has 0 aromatic carbocycles. The molecule has 1 aromatic rings. The Kier molecular flexibility index (Phi) is 6.07. The second-order valence-corrected chi connectivity index (χ2v) is 8.48. The fourth-order valence-electron chi connectivity index (χ4n) is 2.79. The van der Waals surface area contributed by atoms with Gasteiger partial charge in [-0.25, -0.2) is 4.79 Å². The zero-order valence-corrected chi connectivity index (χ0v) is 16.0. The fraction of sp³-hybridized carbons (Fsp3) is 0.733. The van der Waals surface area contributed by atoms with Crippen LogP contribution in [0.5, 0.6) is 0 Å². The third-order valence-corrected chi connectivity index (χ3v) is 5.81. The van der Waals surface area contributed by atoms with Crippen molar-refractivity contribution in [3.05, 3.63) is 12.0 Å². The Bertz CT molecular complexity index is 701. The minimum absolute atomic E-state index is 0.0904. The number of hydrogen-bond donors (Lipinski definition) is 1. The lowest BCUT2D eigenvalue weighted by atomic mass is 9.92. The number of nitrogens with one attached hydrogen (secondary N) is 1. The number of hydrogen-bond acceptors (Lipinski definition) is 7. The summed E-state index contributed by atoms with van der Waals surface area (Å²) in [5.41, 5.74) is 0.107. The highest BCUT2D eigenvalue weighted by atomic mass is 32.2. The molecule has 25 heavy (non-hydrogen) atoms. The van der Waals surface area contributed by atoms with Crippen molar-refractivity contribution in [1.82, 2.24) is 14.0 Å². The van der Waals surface area contributed by atoms with Gasteiger partial charge in [-0.05, 0) is 18.8 Å². The molecule has 10 heteroatoms. The van der Waals surface area contributed by atoms with Crippen LogP contribution in [0, 0.1) is 11.8 Å². The molecule has 142 valence electrons. The van der Waals surface area contributed by atoms with Gasteiger partial charge in [-0.2, -0.15) is 22.4 Å². The maximum Gasteiger partial charge on any atom is 0.360 e. The highest BCUT2D eigenvalue weighted by Crippen LogP contribution is 2.29. The van der Waals surface area contributed by atoms with Gasteiger partial charge >= 0.3 is 5.97 Å². The van der Waals surface area contributed by atoms with E-state index in [0.717, 1.165) is 4.31 Å². The van der Waals surface area contributed by atoms with Gasteiger partial charge in [0.2, 0.25) is 0 Å². The number of anilines is 1. The Morgan fingerprint density at radius 3 is 2.72 bits per heavy atom. The van der Waals surface area contributed by atoms with Gasteiger partial charge in [0, 0.05) is 33.2 Å². The van der Waals surface area contributed by atoms with Crippen molar-refractivity contribution in [1.29, 1.82) is 0 Å². The highest BCUT2D eigenvalue weighted by Gasteiger charge is 2.39. The predicted octanol–water partition coefficient (Wildman–Crippen LogP) is 0.708. The number of esters is 1. The van der Waals surface area contributed by atoms with Gasteiger partial charge in [0.05, 0.1) is 6.61 Å². The quantitative estimate of drug-likeness (QED) is 0.701. The fourth-order valence-corrected chi connectivity index (χ4v) is 3.63. The van der Waals surface area contributed by atoms with Gasteiger partial charge in [-0.15, -0.1) is 0 Å². The highest BCUT2D eigenvalue weighted by molar-refractivity contribution is 7.87. The molecule has 9 nitrogen and oxygen atoms in total. The molecular weight excluding hydrogens is 348 g/mol. The van der Waals surface area contributed by atoms with Gasteiger partial charge in [-0.3, -0.25) is 0 Å². The predicted molar refractivity (Wildman–Crippen MR) is 92.5 cm³/mol. The van der Waals surface area contributed by atoms with E-state index in [9.17, 15) is 13.2 Å². The second kappa shape index (κ2) is 7.71. The molecule has 1 aliphatic rings. The molecule has 0 amide bonds. The zero-order chi connectivity index (χ0) is 18.8. The Morgan fingerprint density at radius 1 is 1.48 bits per heavy atom. The van der Waals surface area contributed by atoms with Crippen LogP contribution in [0.1, 0.15) is 31.3 Å². The van der Waals surface area contributed by atoms with Crippen LogP contribution in [0.2, 0.25) is 0 Å². The molecule has 0 unspecified atom stereocenters. The molecule has 0 radical (unpaired) electrons. The van der Waals surface area contributed by atoms with Gasteiger partial charge in [0.25, 0.3) is 16.2 Å². The van der Waals surface area contributed by atoms with Crippen molar-refractivity contribution in [2.75, 3.05) is 38.7 Å². The van der Waals surface area contributed by atoms with E-state index in [-0.39, 0.29) is 30.2 Å². The molecule has 0 saturated carbocycles. The van der Waals surface area contributed by atoms with Crippen LogP contribution in [0.4, 0.5) is 6.01 Å². The molecule has 2 heterocycles. The van der Waals surface area contributed by atoms with Crippen LogP contribution in [-0.2, 0) is 14.9 Å². The smallest absolute Gasteiger partial charge is 0.360 e. The molecule has 0 spiro atoms. The zero-order valence-electron chi connectivity index (χ0n) is 15.2. The van der Waals surface area contributed by atoms with Crippen molar-refractivity contribution in [2.24, 2.45) is 11.8 Å². The summed E-state index contributed by atoms with van der Waals surface area (Å²) in [7, 11) is -0.567. The van der Waals surface area contributed by atoms with Crippen molar-refractivity contribution in [3.8, 4) is 0 Å². The number of ether oxygens (including phenoxy) is 1. The summed E-state index contributed by atoms with van der Waals surface area (Å²) in [6, 6.07) is 0.0191. The molecule has 1 aromatic heterocycles. The van der Waals surface area contributed by atoms with Gasteiger partial charge in [0.1, 0.15) is 6.26 Å². The van der Waals surface area contributed by atoms with E-state index in [4.69, 9.17) is 9.15 Å². The third-order valence-electron chi connectivity index (χ3n) is 4.25. The molecular formula is C15H26N4O5S. The molecule has 2 atom stereocenters. The van der Waals surface area contributed by atoms with Crippen LogP contribution in [0.3, 0.4) is 0 Å². The van der Waals surface area contributed by atoms with E-state index in [1.165, 1.54) is 20.4 Å². The van der Waals surface area contributed by atoms with Crippen LogP contribution >= 0.6 is 0 Å². The van der Waals surface area contributed by atoms with Crippen LogP contribution < -0.4 is 9.62 Å². The topological polar surface area (TPSA) is 105 Å².